The van der Waals surface area contributed by atoms with Crippen LogP contribution in [0.1, 0.15) is 34.8 Å². The molecular weight excluding hydrogens is 242 g/mol. The van der Waals surface area contributed by atoms with Crippen LogP contribution in [0.5, 0.6) is 0 Å². The molecule has 2 N–H and O–H groups in total. The van der Waals surface area contributed by atoms with Gasteiger partial charge in [-0.05, 0) is 19.4 Å². The lowest BCUT2D eigenvalue weighted by molar-refractivity contribution is 0.0690. The van der Waals surface area contributed by atoms with Gasteiger partial charge in [-0.15, -0.1) is 0 Å². The van der Waals surface area contributed by atoms with Crippen molar-refractivity contribution < 1.29 is 9.90 Å². The summed E-state index contributed by atoms with van der Waals surface area (Å²) < 4.78 is 0. The van der Waals surface area contributed by atoms with Gasteiger partial charge in [-0.25, -0.2) is 14.8 Å². The Kier molecular flexibility index (Phi) is 3.75. The lowest BCUT2D eigenvalue weighted by Crippen LogP contribution is -2.11. The molecule has 0 fully saturated rings. The maximum absolute atomic E-state index is 10.9. The molecule has 0 radical (unpaired) electrons. The van der Waals surface area contributed by atoms with Gasteiger partial charge in [0.15, 0.2) is 5.69 Å². The van der Waals surface area contributed by atoms with Crippen molar-refractivity contribution in [3.05, 3.63) is 53.5 Å². The molecule has 0 bridgehead atoms. The molecule has 0 saturated carbocycles. The normalized spacial score (nSPS) is 11.9. The van der Waals surface area contributed by atoms with Crippen molar-refractivity contribution in [2.24, 2.45) is 0 Å². The number of carbonyl (C=O) groups is 1. The molecular formula is C14H15N3O2. The highest BCUT2D eigenvalue weighted by Crippen LogP contribution is 2.18. The maximum Gasteiger partial charge on any atom is 0.354 e. The van der Waals surface area contributed by atoms with Crippen molar-refractivity contribution >= 4 is 11.8 Å². The highest BCUT2D eigenvalue weighted by molar-refractivity contribution is 5.86. The summed E-state index contributed by atoms with van der Waals surface area (Å²) in [7, 11) is 0. The van der Waals surface area contributed by atoms with Crippen LogP contribution >= 0.6 is 0 Å². The van der Waals surface area contributed by atoms with Crippen LogP contribution in [0, 0.1) is 6.92 Å². The van der Waals surface area contributed by atoms with Crippen LogP contribution in [-0.2, 0) is 0 Å². The first-order valence-electron chi connectivity index (χ1n) is 5.96. The fourth-order valence-electron chi connectivity index (χ4n) is 1.80. The molecule has 0 aliphatic carbocycles. The fourth-order valence-corrected chi connectivity index (χ4v) is 1.80. The molecule has 5 heteroatoms. The van der Waals surface area contributed by atoms with Crippen molar-refractivity contribution in [3.8, 4) is 0 Å². The molecule has 98 valence electrons. The van der Waals surface area contributed by atoms with Gasteiger partial charge in [0.25, 0.3) is 0 Å². The molecule has 1 aromatic heterocycles. The predicted molar refractivity (Wildman–Crippen MR) is 72.2 cm³/mol. The quantitative estimate of drug-likeness (QED) is 0.880. The Morgan fingerprint density at radius 1 is 1.26 bits per heavy atom. The smallest absolute Gasteiger partial charge is 0.354 e. The first-order valence-corrected chi connectivity index (χ1v) is 5.96. The van der Waals surface area contributed by atoms with Crippen LogP contribution in [0.15, 0.2) is 36.4 Å². The van der Waals surface area contributed by atoms with Gasteiger partial charge >= 0.3 is 5.97 Å². The Morgan fingerprint density at radius 2 is 1.95 bits per heavy atom. The third-order valence-corrected chi connectivity index (χ3v) is 2.72. The van der Waals surface area contributed by atoms with Gasteiger partial charge in [-0.1, -0.05) is 30.3 Å². The Labute approximate surface area is 111 Å². The average molecular weight is 257 g/mol. The molecule has 0 saturated heterocycles. The summed E-state index contributed by atoms with van der Waals surface area (Å²) in [4.78, 5) is 19.0. The van der Waals surface area contributed by atoms with Gasteiger partial charge in [0.2, 0.25) is 0 Å². The number of anilines is 1. The van der Waals surface area contributed by atoms with E-state index in [0.717, 1.165) is 5.56 Å². The van der Waals surface area contributed by atoms with E-state index in [9.17, 15) is 4.79 Å². The van der Waals surface area contributed by atoms with Crippen molar-refractivity contribution in [1.82, 2.24) is 9.97 Å². The van der Waals surface area contributed by atoms with Gasteiger partial charge in [0.05, 0.1) is 0 Å². The molecule has 2 rings (SSSR count). The fraction of sp³-hybridized carbons (Fsp3) is 0.214. The Balaban J connectivity index is 2.21. The lowest BCUT2D eigenvalue weighted by Gasteiger charge is -2.15. The van der Waals surface area contributed by atoms with Gasteiger partial charge in [0, 0.05) is 12.1 Å². The number of aromatic carboxylic acids is 1. The predicted octanol–water partition coefficient (Wildman–Crippen LogP) is 2.66. The number of nitrogens with one attached hydrogen (secondary N) is 1. The summed E-state index contributed by atoms with van der Waals surface area (Å²) >= 11 is 0. The van der Waals surface area contributed by atoms with E-state index in [1.54, 1.807) is 6.92 Å². The second-order valence-corrected chi connectivity index (χ2v) is 4.27. The van der Waals surface area contributed by atoms with Crippen molar-refractivity contribution in [2.45, 2.75) is 19.9 Å². The maximum atomic E-state index is 10.9. The zero-order valence-corrected chi connectivity index (χ0v) is 10.8. The first kappa shape index (κ1) is 13.0. The second-order valence-electron chi connectivity index (χ2n) is 4.27. The highest BCUT2D eigenvalue weighted by atomic mass is 16.4. The zero-order chi connectivity index (χ0) is 13.8. The number of carboxylic acid groups (broad SMARTS) is 1. The SMILES string of the molecule is Cc1nc(NC(C)c2ccccc2)cc(C(=O)O)n1. The Morgan fingerprint density at radius 3 is 2.58 bits per heavy atom. The molecule has 1 heterocycles. The Hall–Kier alpha value is -2.43. The number of rotatable bonds is 4. The third kappa shape index (κ3) is 3.28. The van der Waals surface area contributed by atoms with Crippen LogP contribution in [0.4, 0.5) is 5.82 Å². The van der Waals surface area contributed by atoms with Gasteiger partial charge < -0.3 is 10.4 Å². The Bertz CT molecular complexity index is 584. The largest absolute Gasteiger partial charge is 0.477 e. The summed E-state index contributed by atoms with van der Waals surface area (Å²) in [6.45, 7) is 3.66. The summed E-state index contributed by atoms with van der Waals surface area (Å²) in [6, 6.07) is 11.4. The molecule has 1 aromatic carbocycles. The molecule has 0 amide bonds. The van der Waals surface area contributed by atoms with E-state index >= 15 is 0 Å². The van der Waals surface area contributed by atoms with Crippen molar-refractivity contribution in [3.63, 3.8) is 0 Å². The van der Waals surface area contributed by atoms with Crippen LogP contribution in [0.3, 0.4) is 0 Å². The number of aromatic nitrogens is 2. The van der Waals surface area contributed by atoms with Crippen LogP contribution in [0.25, 0.3) is 0 Å². The number of carboxylic acids is 1. The van der Waals surface area contributed by atoms with E-state index in [0.29, 0.717) is 11.6 Å². The standard InChI is InChI=1S/C14H15N3O2/c1-9(11-6-4-3-5-7-11)15-13-8-12(14(18)19)16-10(2)17-13/h3-9H,1-2H3,(H,18,19)(H,15,16,17). The molecule has 5 nitrogen and oxygen atoms in total. The summed E-state index contributed by atoms with van der Waals surface area (Å²) in [5, 5.41) is 12.1. The monoisotopic (exact) mass is 257 g/mol. The summed E-state index contributed by atoms with van der Waals surface area (Å²) in [5.41, 5.74) is 1.10. The minimum absolute atomic E-state index is 0.00439. The minimum Gasteiger partial charge on any atom is -0.477 e. The molecule has 19 heavy (non-hydrogen) atoms. The number of aryl methyl sites for hydroxylation is 1. The van der Waals surface area contributed by atoms with E-state index in [1.165, 1.54) is 6.07 Å². The van der Waals surface area contributed by atoms with Gasteiger partial charge in [-0.3, -0.25) is 0 Å². The number of nitrogens with zero attached hydrogens (tertiary/aromatic N) is 2. The minimum atomic E-state index is -1.05. The average Bonchev–Trinajstić information content (AvgIpc) is 2.39. The zero-order valence-electron chi connectivity index (χ0n) is 10.8. The molecule has 0 spiro atoms. The van der Waals surface area contributed by atoms with E-state index in [4.69, 9.17) is 5.11 Å². The molecule has 0 aliphatic rings. The van der Waals surface area contributed by atoms with Gasteiger partial charge in [-0.2, -0.15) is 0 Å². The number of hydrogen-bond acceptors (Lipinski definition) is 4. The second kappa shape index (κ2) is 5.48. The highest BCUT2D eigenvalue weighted by Gasteiger charge is 2.11. The van der Waals surface area contributed by atoms with Crippen molar-refractivity contribution in [2.75, 3.05) is 5.32 Å². The molecule has 2 aromatic rings. The van der Waals surface area contributed by atoms with Crippen LogP contribution in [-0.4, -0.2) is 21.0 Å². The lowest BCUT2D eigenvalue weighted by atomic mass is 10.1. The van der Waals surface area contributed by atoms with Crippen LogP contribution < -0.4 is 5.32 Å². The summed E-state index contributed by atoms with van der Waals surface area (Å²) in [5.74, 6) is -0.107. The van der Waals surface area contributed by atoms with Crippen molar-refractivity contribution in [1.29, 1.82) is 0 Å². The van der Waals surface area contributed by atoms with E-state index in [1.807, 2.05) is 37.3 Å². The van der Waals surface area contributed by atoms with E-state index in [2.05, 4.69) is 15.3 Å². The topological polar surface area (TPSA) is 75.1 Å². The summed E-state index contributed by atoms with van der Waals surface area (Å²) in [6.07, 6.45) is 0. The van der Waals surface area contributed by atoms with Gasteiger partial charge in [0.1, 0.15) is 11.6 Å². The third-order valence-electron chi connectivity index (χ3n) is 2.72. The number of benzene rings is 1. The molecule has 0 aliphatic heterocycles. The van der Waals surface area contributed by atoms with Crippen LogP contribution in [0.2, 0.25) is 0 Å². The van der Waals surface area contributed by atoms with E-state index in [-0.39, 0.29) is 11.7 Å². The first-order chi connectivity index (χ1) is 9.06. The molecule has 1 atom stereocenters. The van der Waals surface area contributed by atoms with E-state index < -0.39 is 5.97 Å². The number of hydrogen-bond donors (Lipinski definition) is 2. The molecule has 1 unspecified atom stereocenters.